The van der Waals surface area contributed by atoms with Gasteiger partial charge in [-0.2, -0.15) is 5.26 Å². The highest BCUT2D eigenvalue weighted by Crippen LogP contribution is 2.38. The topological polar surface area (TPSA) is 95.6 Å². The average molecular weight is 385 g/mol. The Hall–Kier alpha value is -2.85. The van der Waals surface area contributed by atoms with E-state index in [1.807, 2.05) is 6.07 Å². The van der Waals surface area contributed by atoms with E-state index in [0.29, 0.717) is 27.1 Å². The number of ether oxygens (including phenoxy) is 2. The Morgan fingerprint density at radius 1 is 1.22 bits per heavy atom. The highest BCUT2D eigenvalue weighted by atomic mass is 35.5. The number of nitriles is 1. The molecule has 0 spiro atoms. The first-order chi connectivity index (χ1) is 13.1. The summed E-state index contributed by atoms with van der Waals surface area (Å²) in [6, 6.07) is 14.6. The quantitative estimate of drug-likeness (QED) is 0.677. The lowest BCUT2D eigenvalue weighted by molar-refractivity contribution is 0.0526. The van der Waals surface area contributed by atoms with E-state index in [2.05, 4.69) is 11.1 Å². The molecule has 0 radical (unpaired) electrons. The maximum absolute atomic E-state index is 9.66. The van der Waals surface area contributed by atoms with Gasteiger partial charge < -0.3 is 19.7 Å². The van der Waals surface area contributed by atoms with Crippen LogP contribution in [0.3, 0.4) is 0 Å². The van der Waals surface area contributed by atoms with Crippen LogP contribution in [0.4, 0.5) is 0 Å². The summed E-state index contributed by atoms with van der Waals surface area (Å²) in [4.78, 5) is 4.33. The number of rotatable bonds is 6. The lowest BCUT2D eigenvalue weighted by Gasteiger charge is -2.15. The van der Waals surface area contributed by atoms with Gasteiger partial charge in [-0.05, 0) is 35.9 Å². The highest BCUT2D eigenvalue weighted by Gasteiger charge is 2.18. The van der Waals surface area contributed by atoms with Crippen LogP contribution in [0.2, 0.25) is 5.02 Å². The predicted molar refractivity (Wildman–Crippen MR) is 102 cm³/mol. The van der Waals surface area contributed by atoms with Gasteiger partial charge in [-0.3, -0.25) is 0 Å². The van der Waals surface area contributed by atoms with E-state index in [4.69, 9.17) is 26.2 Å². The summed E-state index contributed by atoms with van der Waals surface area (Å²) in [6.45, 7) is -0.580. The molecule has 2 aromatic carbocycles. The molecular formula is C20H17ClN2O4. The van der Waals surface area contributed by atoms with Crippen LogP contribution in [-0.2, 0) is 0 Å². The largest absolute Gasteiger partial charge is 0.497 e. The number of nitrogens with zero attached hydrogens (tertiary/aromatic N) is 2. The van der Waals surface area contributed by atoms with Crippen molar-refractivity contribution in [1.29, 1.82) is 5.26 Å². The van der Waals surface area contributed by atoms with E-state index in [1.165, 1.54) is 0 Å². The summed E-state index contributed by atoms with van der Waals surface area (Å²) in [5, 5.41) is 30.1. The van der Waals surface area contributed by atoms with Crippen LogP contribution >= 0.6 is 11.6 Å². The zero-order valence-corrected chi connectivity index (χ0v) is 15.3. The Morgan fingerprint density at radius 3 is 2.70 bits per heavy atom. The second-order valence-electron chi connectivity index (χ2n) is 5.82. The molecule has 1 atom stereocenters. The van der Waals surface area contributed by atoms with Crippen molar-refractivity contribution >= 4 is 22.4 Å². The van der Waals surface area contributed by atoms with Gasteiger partial charge >= 0.3 is 0 Å². The third-order valence-corrected chi connectivity index (χ3v) is 4.25. The summed E-state index contributed by atoms with van der Waals surface area (Å²) in [6.07, 6.45) is -1.04. The second-order valence-corrected chi connectivity index (χ2v) is 6.26. The van der Waals surface area contributed by atoms with E-state index >= 15 is 0 Å². The fourth-order valence-electron chi connectivity index (χ4n) is 2.74. The van der Waals surface area contributed by atoms with Crippen molar-refractivity contribution in [3.8, 4) is 28.8 Å². The summed E-state index contributed by atoms with van der Waals surface area (Å²) in [5.41, 5.74) is 1.52. The van der Waals surface area contributed by atoms with Crippen molar-refractivity contribution in [3.63, 3.8) is 0 Å². The number of fused-ring (bicyclic) bond motifs is 1. The molecule has 0 saturated heterocycles. The summed E-state index contributed by atoms with van der Waals surface area (Å²) in [7, 11) is 1.56. The normalized spacial score (nSPS) is 11.8. The maximum Gasteiger partial charge on any atom is 0.222 e. The lowest BCUT2D eigenvalue weighted by Crippen LogP contribution is -2.21. The minimum Gasteiger partial charge on any atom is -0.497 e. The molecule has 0 aliphatic rings. The maximum atomic E-state index is 9.66. The third-order valence-electron chi connectivity index (χ3n) is 4.02. The summed E-state index contributed by atoms with van der Waals surface area (Å²) >= 11 is 6.13. The summed E-state index contributed by atoms with van der Waals surface area (Å²) < 4.78 is 10.9. The van der Waals surface area contributed by atoms with Gasteiger partial charge in [0, 0.05) is 21.4 Å². The fraction of sp³-hybridized carbons (Fsp3) is 0.200. The van der Waals surface area contributed by atoms with Crippen molar-refractivity contribution < 1.29 is 19.7 Å². The number of hydrogen-bond donors (Lipinski definition) is 2. The lowest BCUT2D eigenvalue weighted by atomic mass is 9.97. The van der Waals surface area contributed by atoms with Gasteiger partial charge in [0.2, 0.25) is 5.88 Å². The van der Waals surface area contributed by atoms with Crippen LogP contribution in [0.1, 0.15) is 5.69 Å². The van der Waals surface area contributed by atoms with Crippen LogP contribution in [0.5, 0.6) is 11.6 Å². The Kier molecular flexibility index (Phi) is 5.77. The van der Waals surface area contributed by atoms with Gasteiger partial charge in [-0.1, -0.05) is 23.7 Å². The average Bonchev–Trinajstić information content (AvgIpc) is 2.70. The first kappa shape index (κ1) is 18.9. The van der Waals surface area contributed by atoms with Gasteiger partial charge in [0.05, 0.1) is 13.7 Å². The predicted octanol–water partition coefficient (Wildman–Crippen LogP) is 3.17. The molecule has 3 aromatic rings. The Bertz CT molecular complexity index is 1020. The van der Waals surface area contributed by atoms with E-state index in [-0.39, 0.29) is 18.2 Å². The number of hydrogen-bond acceptors (Lipinski definition) is 6. The number of aliphatic hydroxyl groups is 2. The standard InChI is InChI=1S/C20H17ClN2O4/c1-26-15-5-6-16-17(8-15)19(12-3-2-4-13(21)7-12)18(9-22)23-20(16)27-11-14(25)10-24/h2-8,14,24-25H,10-11H2,1H3/t14-/m0/s1. The molecule has 0 fully saturated rings. The number of pyridine rings is 1. The molecule has 0 unspecified atom stereocenters. The molecule has 6 nitrogen and oxygen atoms in total. The van der Waals surface area contributed by atoms with Crippen LogP contribution in [0.15, 0.2) is 42.5 Å². The van der Waals surface area contributed by atoms with Crippen molar-refractivity contribution in [1.82, 2.24) is 4.98 Å². The molecule has 0 saturated carbocycles. The van der Waals surface area contributed by atoms with Crippen LogP contribution in [0.25, 0.3) is 21.9 Å². The number of benzene rings is 2. The van der Waals surface area contributed by atoms with E-state index in [0.717, 1.165) is 5.56 Å². The monoisotopic (exact) mass is 384 g/mol. The smallest absolute Gasteiger partial charge is 0.222 e. The number of aliphatic hydroxyl groups excluding tert-OH is 2. The zero-order chi connectivity index (χ0) is 19.4. The van der Waals surface area contributed by atoms with Crippen molar-refractivity contribution in [2.45, 2.75) is 6.10 Å². The SMILES string of the molecule is COc1ccc2c(OC[C@@H](O)CO)nc(C#N)c(-c3cccc(Cl)c3)c2c1. The van der Waals surface area contributed by atoms with Crippen LogP contribution < -0.4 is 9.47 Å². The molecule has 1 aromatic heterocycles. The van der Waals surface area contributed by atoms with E-state index in [1.54, 1.807) is 43.5 Å². The molecule has 7 heteroatoms. The van der Waals surface area contributed by atoms with Gasteiger partial charge in [0.15, 0.2) is 5.69 Å². The third kappa shape index (κ3) is 3.96. The molecule has 2 N–H and O–H groups in total. The molecular weight excluding hydrogens is 368 g/mol. The zero-order valence-electron chi connectivity index (χ0n) is 14.5. The van der Waals surface area contributed by atoms with Gasteiger partial charge in [-0.15, -0.1) is 0 Å². The highest BCUT2D eigenvalue weighted by molar-refractivity contribution is 6.31. The molecule has 1 heterocycles. The van der Waals surface area contributed by atoms with E-state index < -0.39 is 12.7 Å². The van der Waals surface area contributed by atoms with Gasteiger partial charge in [0.25, 0.3) is 0 Å². The van der Waals surface area contributed by atoms with Crippen molar-refractivity contribution in [2.75, 3.05) is 20.3 Å². The van der Waals surface area contributed by atoms with Crippen molar-refractivity contribution in [3.05, 3.63) is 53.2 Å². The van der Waals surface area contributed by atoms with Gasteiger partial charge in [-0.25, -0.2) is 4.98 Å². The molecule has 3 rings (SSSR count). The first-order valence-corrected chi connectivity index (χ1v) is 8.54. The Morgan fingerprint density at radius 2 is 2.04 bits per heavy atom. The van der Waals surface area contributed by atoms with Gasteiger partial charge in [0.1, 0.15) is 24.5 Å². The molecule has 0 aliphatic heterocycles. The molecule has 0 bridgehead atoms. The van der Waals surface area contributed by atoms with Crippen molar-refractivity contribution in [2.24, 2.45) is 0 Å². The minimum atomic E-state index is -1.04. The number of aromatic nitrogens is 1. The Labute approximate surface area is 161 Å². The minimum absolute atomic E-state index is 0.147. The molecule has 0 amide bonds. The number of halogens is 1. The molecule has 0 aliphatic carbocycles. The fourth-order valence-corrected chi connectivity index (χ4v) is 2.93. The molecule has 27 heavy (non-hydrogen) atoms. The summed E-state index contributed by atoms with van der Waals surface area (Å²) in [5.74, 6) is 0.810. The van der Waals surface area contributed by atoms with Crippen LogP contribution in [0, 0.1) is 11.3 Å². The number of methoxy groups -OCH3 is 1. The second kappa shape index (κ2) is 8.23. The first-order valence-electron chi connectivity index (χ1n) is 8.17. The van der Waals surface area contributed by atoms with E-state index in [9.17, 15) is 10.4 Å². The molecule has 138 valence electrons. The Balaban J connectivity index is 2.26. The van der Waals surface area contributed by atoms with Crippen LogP contribution in [-0.4, -0.2) is 41.6 Å².